The van der Waals surface area contributed by atoms with Crippen molar-refractivity contribution in [2.45, 2.75) is 44.2 Å². The van der Waals surface area contributed by atoms with E-state index in [1.807, 2.05) is 13.8 Å². The molecule has 7 heteroatoms. The van der Waals surface area contributed by atoms with E-state index in [-0.39, 0.29) is 33.5 Å². The average molecular weight is 352 g/mol. The summed E-state index contributed by atoms with van der Waals surface area (Å²) in [6.07, 6.45) is 1.74. The lowest BCUT2D eigenvalue weighted by molar-refractivity contribution is 0.281. The lowest BCUT2D eigenvalue weighted by Crippen LogP contribution is -2.36. The number of rotatable bonds is 6. The van der Waals surface area contributed by atoms with E-state index in [0.717, 1.165) is 12.8 Å². The highest BCUT2D eigenvalue weighted by Crippen LogP contribution is 2.37. The van der Waals surface area contributed by atoms with Gasteiger partial charge in [-0.25, -0.2) is 8.42 Å². The van der Waals surface area contributed by atoms with Crippen LogP contribution < -0.4 is 0 Å². The second-order valence-electron chi connectivity index (χ2n) is 5.73. The molecule has 2 rings (SSSR count). The van der Waals surface area contributed by atoms with Crippen LogP contribution in [0, 0.1) is 5.92 Å². The van der Waals surface area contributed by atoms with Gasteiger partial charge in [-0.15, -0.1) is 0 Å². The summed E-state index contributed by atoms with van der Waals surface area (Å²) in [7, 11) is -3.71. The standard InChI is InChI=1S/C14H19Cl2NO3S/c1-9(2)7-17(12-3-4-12)21(19,20)13-6-11(15)5-10(8-18)14(13)16/h5-6,9,12,18H,3-4,7-8H2,1-2H3. The molecule has 0 saturated heterocycles. The maximum absolute atomic E-state index is 12.9. The van der Waals surface area contributed by atoms with Crippen LogP contribution in [0.1, 0.15) is 32.3 Å². The minimum atomic E-state index is -3.71. The minimum absolute atomic E-state index is 0.0201. The SMILES string of the molecule is CC(C)CN(C1CC1)S(=O)(=O)c1cc(Cl)cc(CO)c1Cl. The van der Waals surface area contributed by atoms with Gasteiger partial charge in [-0.05, 0) is 36.5 Å². The molecular weight excluding hydrogens is 333 g/mol. The normalized spacial score (nSPS) is 16.0. The van der Waals surface area contributed by atoms with Crippen LogP contribution in [0.4, 0.5) is 0 Å². The molecule has 0 aliphatic heterocycles. The molecule has 1 aliphatic carbocycles. The fourth-order valence-electron chi connectivity index (χ4n) is 2.21. The largest absolute Gasteiger partial charge is 0.392 e. The minimum Gasteiger partial charge on any atom is -0.392 e. The van der Waals surface area contributed by atoms with Crippen LogP contribution in [0.2, 0.25) is 10.0 Å². The topological polar surface area (TPSA) is 57.6 Å². The third kappa shape index (κ3) is 3.71. The van der Waals surface area contributed by atoms with Crippen molar-refractivity contribution >= 4 is 33.2 Å². The molecule has 0 unspecified atom stereocenters. The highest BCUT2D eigenvalue weighted by atomic mass is 35.5. The molecule has 0 heterocycles. The molecule has 1 aromatic rings. The Morgan fingerprint density at radius 3 is 2.43 bits per heavy atom. The smallest absolute Gasteiger partial charge is 0.244 e. The van der Waals surface area contributed by atoms with Gasteiger partial charge >= 0.3 is 0 Å². The summed E-state index contributed by atoms with van der Waals surface area (Å²) >= 11 is 12.1. The van der Waals surface area contributed by atoms with Crippen LogP contribution in [0.3, 0.4) is 0 Å². The third-order valence-corrected chi connectivity index (χ3v) is 6.05. The number of nitrogens with zero attached hydrogens (tertiary/aromatic N) is 1. The van der Waals surface area contributed by atoms with E-state index in [2.05, 4.69) is 0 Å². The van der Waals surface area contributed by atoms with Gasteiger partial charge in [0.2, 0.25) is 10.0 Å². The van der Waals surface area contributed by atoms with Crippen molar-refractivity contribution in [3.05, 3.63) is 27.7 Å². The monoisotopic (exact) mass is 351 g/mol. The molecule has 0 spiro atoms. The Morgan fingerprint density at radius 1 is 1.33 bits per heavy atom. The van der Waals surface area contributed by atoms with Crippen LogP contribution >= 0.6 is 23.2 Å². The van der Waals surface area contributed by atoms with E-state index in [1.54, 1.807) is 0 Å². The number of hydrogen-bond acceptors (Lipinski definition) is 3. The summed E-state index contributed by atoms with van der Waals surface area (Å²) in [4.78, 5) is -0.0201. The van der Waals surface area contributed by atoms with Crippen molar-refractivity contribution in [3.63, 3.8) is 0 Å². The number of aliphatic hydroxyl groups excluding tert-OH is 1. The second-order valence-corrected chi connectivity index (χ2v) is 8.41. The first-order valence-electron chi connectivity index (χ1n) is 6.88. The van der Waals surface area contributed by atoms with Gasteiger partial charge in [-0.3, -0.25) is 0 Å². The van der Waals surface area contributed by atoms with Crippen LogP contribution in [0.5, 0.6) is 0 Å². The molecule has 0 aromatic heterocycles. The summed E-state index contributed by atoms with van der Waals surface area (Å²) in [5.74, 6) is 0.218. The molecule has 1 aromatic carbocycles. The maximum Gasteiger partial charge on any atom is 0.244 e. The van der Waals surface area contributed by atoms with E-state index >= 15 is 0 Å². The van der Waals surface area contributed by atoms with Gasteiger partial charge in [-0.2, -0.15) is 4.31 Å². The first-order valence-corrected chi connectivity index (χ1v) is 9.07. The van der Waals surface area contributed by atoms with Crippen molar-refractivity contribution < 1.29 is 13.5 Å². The van der Waals surface area contributed by atoms with Crippen molar-refractivity contribution in [3.8, 4) is 0 Å². The summed E-state index contributed by atoms with van der Waals surface area (Å²) in [5, 5.41) is 9.59. The highest BCUT2D eigenvalue weighted by Gasteiger charge is 2.39. The molecule has 0 bridgehead atoms. The molecule has 1 N–H and O–H groups in total. The zero-order chi connectivity index (χ0) is 15.8. The van der Waals surface area contributed by atoms with E-state index in [1.165, 1.54) is 16.4 Å². The predicted octanol–water partition coefficient (Wildman–Crippen LogP) is 3.29. The lowest BCUT2D eigenvalue weighted by atomic mass is 10.2. The Morgan fingerprint density at radius 2 is 1.95 bits per heavy atom. The Hall–Kier alpha value is -0.330. The first-order chi connectivity index (χ1) is 9.77. The van der Waals surface area contributed by atoms with E-state index < -0.39 is 10.0 Å². The van der Waals surface area contributed by atoms with E-state index in [9.17, 15) is 13.5 Å². The lowest BCUT2D eigenvalue weighted by Gasteiger charge is -2.24. The fraction of sp³-hybridized carbons (Fsp3) is 0.571. The van der Waals surface area contributed by atoms with E-state index in [4.69, 9.17) is 23.2 Å². The van der Waals surface area contributed by atoms with Gasteiger partial charge < -0.3 is 5.11 Å². The quantitative estimate of drug-likeness (QED) is 0.855. The van der Waals surface area contributed by atoms with Gasteiger partial charge in [0.1, 0.15) is 4.90 Å². The average Bonchev–Trinajstić information content (AvgIpc) is 3.22. The second kappa shape index (κ2) is 6.42. The molecule has 118 valence electrons. The van der Waals surface area contributed by atoms with Gasteiger partial charge in [0, 0.05) is 17.6 Å². The fourth-order valence-corrected chi connectivity index (χ4v) is 4.96. The van der Waals surface area contributed by atoms with Crippen LogP contribution in [0.15, 0.2) is 17.0 Å². The van der Waals surface area contributed by atoms with Crippen LogP contribution in [0.25, 0.3) is 0 Å². The molecule has 0 radical (unpaired) electrons. The van der Waals surface area contributed by atoms with Gasteiger partial charge in [0.25, 0.3) is 0 Å². The number of benzene rings is 1. The molecule has 4 nitrogen and oxygen atoms in total. The summed E-state index contributed by atoms with van der Waals surface area (Å²) in [5.41, 5.74) is 0.322. The van der Waals surface area contributed by atoms with Crippen molar-refractivity contribution in [1.82, 2.24) is 4.31 Å². The molecule has 0 amide bonds. The number of halogens is 2. The summed E-state index contributed by atoms with van der Waals surface area (Å²) in [6.45, 7) is 4.05. The Bertz CT molecular complexity index is 627. The molecule has 21 heavy (non-hydrogen) atoms. The summed E-state index contributed by atoms with van der Waals surface area (Å²) in [6, 6.07) is 2.88. The Kier molecular flexibility index (Phi) is 5.21. The van der Waals surface area contributed by atoms with Gasteiger partial charge in [0.15, 0.2) is 0 Å². The predicted molar refractivity (Wildman–Crippen MR) is 84.1 cm³/mol. The Balaban J connectivity index is 2.49. The molecule has 1 fully saturated rings. The number of aliphatic hydroxyl groups is 1. The zero-order valence-corrected chi connectivity index (χ0v) is 14.3. The maximum atomic E-state index is 12.9. The third-order valence-electron chi connectivity index (χ3n) is 3.34. The van der Waals surface area contributed by atoms with Gasteiger partial charge in [0.05, 0.1) is 11.6 Å². The number of sulfonamides is 1. The van der Waals surface area contributed by atoms with Crippen molar-refractivity contribution in [2.24, 2.45) is 5.92 Å². The molecule has 1 aliphatic rings. The zero-order valence-electron chi connectivity index (χ0n) is 12.0. The Labute approximate surface area is 135 Å². The summed E-state index contributed by atoms with van der Waals surface area (Å²) < 4.78 is 27.3. The molecule has 1 saturated carbocycles. The van der Waals surface area contributed by atoms with Crippen LogP contribution in [-0.4, -0.2) is 30.4 Å². The van der Waals surface area contributed by atoms with Crippen molar-refractivity contribution in [2.75, 3.05) is 6.54 Å². The van der Waals surface area contributed by atoms with Crippen LogP contribution in [-0.2, 0) is 16.6 Å². The van der Waals surface area contributed by atoms with Crippen molar-refractivity contribution in [1.29, 1.82) is 0 Å². The van der Waals surface area contributed by atoms with Gasteiger partial charge in [-0.1, -0.05) is 37.0 Å². The first kappa shape index (κ1) is 17.0. The number of hydrogen-bond donors (Lipinski definition) is 1. The highest BCUT2D eigenvalue weighted by molar-refractivity contribution is 7.89. The van der Waals surface area contributed by atoms with E-state index in [0.29, 0.717) is 12.1 Å². The molecule has 0 atom stereocenters. The molecular formula is C14H19Cl2NO3S.